The number of carboxylic acids is 1. The standard InChI is InChI=1S/C13H12F6N2O3/c14-12(15,16)7-4-8(13(17,18)19)6-9(5-7)21-11(24)20-3-1-2-10(22)23/h4-6H,1-3H2,(H,22,23)(H2,20,21,24). The van der Waals surface area contributed by atoms with Gasteiger partial charge < -0.3 is 15.7 Å². The minimum Gasteiger partial charge on any atom is -0.481 e. The molecule has 0 radical (unpaired) electrons. The number of benzene rings is 1. The normalized spacial score (nSPS) is 11.9. The summed E-state index contributed by atoms with van der Waals surface area (Å²) in [7, 11) is 0. The molecule has 1 aromatic carbocycles. The lowest BCUT2D eigenvalue weighted by atomic mass is 10.1. The smallest absolute Gasteiger partial charge is 0.416 e. The molecule has 0 saturated carbocycles. The van der Waals surface area contributed by atoms with Gasteiger partial charge in [-0.2, -0.15) is 26.3 Å². The second-order valence-corrected chi connectivity index (χ2v) is 4.67. The van der Waals surface area contributed by atoms with Crippen molar-refractivity contribution in [2.75, 3.05) is 11.9 Å². The Hall–Kier alpha value is -2.46. The Bertz CT molecular complexity index is 580. The summed E-state index contributed by atoms with van der Waals surface area (Å²) in [4.78, 5) is 21.7. The van der Waals surface area contributed by atoms with Crippen LogP contribution in [-0.4, -0.2) is 23.7 Å². The van der Waals surface area contributed by atoms with Crippen molar-refractivity contribution >= 4 is 17.7 Å². The quantitative estimate of drug-likeness (QED) is 0.555. The van der Waals surface area contributed by atoms with E-state index in [1.165, 1.54) is 0 Å². The zero-order valence-corrected chi connectivity index (χ0v) is 11.9. The summed E-state index contributed by atoms with van der Waals surface area (Å²) in [5.74, 6) is -1.11. The van der Waals surface area contributed by atoms with Crippen molar-refractivity contribution in [3.05, 3.63) is 29.3 Å². The third-order valence-electron chi connectivity index (χ3n) is 2.70. The van der Waals surface area contributed by atoms with Crippen LogP contribution in [0.2, 0.25) is 0 Å². The van der Waals surface area contributed by atoms with Crippen molar-refractivity contribution in [3.8, 4) is 0 Å². The molecular formula is C13H12F6N2O3. The molecule has 0 bridgehead atoms. The fourth-order valence-corrected chi connectivity index (χ4v) is 1.64. The first-order chi connectivity index (χ1) is 10.9. The molecule has 0 spiro atoms. The topological polar surface area (TPSA) is 78.4 Å². The second-order valence-electron chi connectivity index (χ2n) is 4.67. The molecule has 11 heteroatoms. The summed E-state index contributed by atoms with van der Waals surface area (Å²) in [6.45, 7) is -0.108. The molecular weight excluding hydrogens is 346 g/mol. The largest absolute Gasteiger partial charge is 0.481 e. The Morgan fingerprint density at radius 3 is 1.88 bits per heavy atom. The Balaban J connectivity index is 2.86. The minimum absolute atomic E-state index is 0.0547. The molecule has 0 aliphatic rings. The van der Waals surface area contributed by atoms with Crippen molar-refractivity contribution in [1.29, 1.82) is 0 Å². The van der Waals surface area contributed by atoms with E-state index in [0.717, 1.165) is 0 Å². The average Bonchev–Trinajstić information content (AvgIpc) is 2.41. The minimum atomic E-state index is -5.02. The Morgan fingerprint density at radius 2 is 1.46 bits per heavy atom. The van der Waals surface area contributed by atoms with Crippen LogP contribution < -0.4 is 10.6 Å². The van der Waals surface area contributed by atoms with Gasteiger partial charge in [0, 0.05) is 18.7 Å². The number of nitrogens with one attached hydrogen (secondary N) is 2. The molecule has 24 heavy (non-hydrogen) atoms. The van der Waals surface area contributed by atoms with Crippen LogP contribution in [0.1, 0.15) is 24.0 Å². The van der Waals surface area contributed by atoms with Gasteiger partial charge in [-0.1, -0.05) is 0 Å². The van der Waals surface area contributed by atoms with E-state index in [1.807, 2.05) is 5.32 Å². The summed E-state index contributed by atoms with van der Waals surface area (Å²) in [5.41, 5.74) is -3.80. The molecule has 1 aromatic rings. The monoisotopic (exact) mass is 358 g/mol. The highest BCUT2D eigenvalue weighted by Gasteiger charge is 2.37. The molecule has 0 aliphatic carbocycles. The number of amides is 2. The second kappa shape index (κ2) is 7.41. The van der Waals surface area contributed by atoms with Crippen molar-refractivity contribution in [2.45, 2.75) is 25.2 Å². The van der Waals surface area contributed by atoms with Gasteiger partial charge in [0.25, 0.3) is 0 Å². The van der Waals surface area contributed by atoms with Crippen LogP contribution in [0.5, 0.6) is 0 Å². The lowest BCUT2D eigenvalue weighted by molar-refractivity contribution is -0.143. The number of carbonyl (C=O) groups is 2. The Kier molecular flexibility index (Phi) is 6.04. The zero-order chi connectivity index (χ0) is 18.5. The van der Waals surface area contributed by atoms with Crippen molar-refractivity contribution in [1.82, 2.24) is 5.32 Å². The van der Waals surface area contributed by atoms with Crippen LogP contribution in [-0.2, 0) is 17.1 Å². The van der Waals surface area contributed by atoms with Gasteiger partial charge in [0.05, 0.1) is 11.1 Å². The maximum absolute atomic E-state index is 12.6. The average molecular weight is 358 g/mol. The molecule has 0 saturated heterocycles. The highest BCUT2D eigenvalue weighted by molar-refractivity contribution is 5.89. The SMILES string of the molecule is O=C(O)CCCNC(=O)Nc1cc(C(F)(F)F)cc(C(F)(F)F)c1. The maximum Gasteiger partial charge on any atom is 0.416 e. The molecule has 0 aromatic heterocycles. The number of alkyl halides is 6. The number of anilines is 1. The Morgan fingerprint density at radius 1 is 0.958 bits per heavy atom. The van der Waals surface area contributed by atoms with E-state index in [0.29, 0.717) is 12.1 Å². The molecule has 5 nitrogen and oxygen atoms in total. The summed E-state index contributed by atoms with van der Waals surface area (Å²) < 4.78 is 75.9. The van der Waals surface area contributed by atoms with Crippen LogP contribution in [0.3, 0.4) is 0 Å². The van der Waals surface area contributed by atoms with Crippen LogP contribution in [0, 0.1) is 0 Å². The third-order valence-corrected chi connectivity index (χ3v) is 2.70. The van der Waals surface area contributed by atoms with Crippen LogP contribution in [0.4, 0.5) is 36.8 Å². The lowest BCUT2D eigenvalue weighted by Gasteiger charge is -2.15. The molecule has 134 valence electrons. The summed E-state index contributed by atoms with van der Waals surface area (Å²) in [5, 5.41) is 12.4. The lowest BCUT2D eigenvalue weighted by Crippen LogP contribution is -2.30. The van der Waals surface area contributed by atoms with E-state index >= 15 is 0 Å². The number of halogens is 6. The fraction of sp³-hybridized carbons (Fsp3) is 0.385. The van der Waals surface area contributed by atoms with E-state index in [1.54, 1.807) is 0 Å². The third kappa shape index (κ3) is 6.34. The molecule has 0 atom stereocenters. The zero-order valence-electron chi connectivity index (χ0n) is 11.9. The van der Waals surface area contributed by atoms with E-state index in [9.17, 15) is 35.9 Å². The number of urea groups is 1. The highest BCUT2D eigenvalue weighted by Crippen LogP contribution is 2.37. The van der Waals surface area contributed by atoms with Gasteiger partial charge in [-0.15, -0.1) is 0 Å². The van der Waals surface area contributed by atoms with E-state index in [2.05, 4.69) is 5.32 Å². The molecule has 2 amide bonds. The van der Waals surface area contributed by atoms with Gasteiger partial charge in [-0.3, -0.25) is 4.79 Å². The van der Waals surface area contributed by atoms with Gasteiger partial charge >= 0.3 is 24.4 Å². The van der Waals surface area contributed by atoms with E-state index in [-0.39, 0.29) is 25.5 Å². The number of carboxylic acid groups (broad SMARTS) is 1. The van der Waals surface area contributed by atoms with Gasteiger partial charge in [-0.05, 0) is 24.6 Å². The van der Waals surface area contributed by atoms with Crippen molar-refractivity contribution < 1.29 is 41.0 Å². The van der Waals surface area contributed by atoms with Gasteiger partial charge in [0.15, 0.2) is 0 Å². The van der Waals surface area contributed by atoms with Crippen LogP contribution in [0.15, 0.2) is 18.2 Å². The number of aliphatic carboxylic acids is 1. The number of hydrogen-bond donors (Lipinski definition) is 3. The summed E-state index contributed by atoms with van der Waals surface area (Å²) in [6, 6.07) is -0.374. The van der Waals surface area contributed by atoms with E-state index < -0.39 is 41.2 Å². The highest BCUT2D eigenvalue weighted by atomic mass is 19.4. The van der Waals surface area contributed by atoms with Gasteiger partial charge in [0.1, 0.15) is 0 Å². The summed E-state index contributed by atoms with van der Waals surface area (Å²) in [6.07, 6.45) is -10.2. The maximum atomic E-state index is 12.6. The van der Waals surface area contributed by atoms with E-state index in [4.69, 9.17) is 5.11 Å². The molecule has 3 N–H and O–H groups in total. The molecule has 0 unspecified atom stereocenters. The van der Waals surface area contributed by atoms with Gasteiger partial charge in [-0.25, -0.2) is 4.79 Å². The van der Waals surface area contributed by atoms with Gasteiger partial charge in [0.2, 0.25) is 0 Å². The Labute approximate surface area is 131 Å². The van der Waals surface area contributed by atoms with Crippen LogP contribution in [0.25, 0.3) is 0 Å². The summed E-state index contributed by atoms with van der Waals surface area (Å²) >= 11 is 0. The molecule has 0 aliphatic heterocycles. The predicted molar refractivity (Wildman–Crippen MR) is 70.3 cm³/mol. The first kappa shape index (κ1) is 19.6. The first-order valence-electron chi connectivity index (χ1n) is 6.45. The van der Waals surface area contributed by atoms with Crippen LogP contribution >= 0.6 is 0 Å². The fourth-order valence-electron chi connectivity index (χ4n) is 1.64. The number of carbonyl (C=O) groups excluding carboxylic acids is 1. The molecule has 0 fully saturated rings. The molecule has 0 heterocycles. The first-order valence-corrected chi connectivity index (χ1v) is 6.45. The van der Waals surface area contributed by atoms with Crippen molar-refractivity contribution in [3.63, 3.8) is 0 Å². The molecule has 1 rings (SSSR count). The van der Waals surface area contributed by atoms with Crippen molar-refractivity contribution in [2.24, 2.45) is 0 Å². The number of rotatable bonds is 5. The predicted octanol–water partition coefficient (Wildman–Crippen LogP) is 3.71. The number of hydrogen-bond acceptors (Lipinski definition) is 2.